The molecule has 5 nitrogen and oxygen atoms in total. The van der Waals surface area contributed by atoms with E-state index in [1.807, 2.05) is 6.07 Å². The van der Waals surface area contributed by atoms with Crippen molar-refractivity contribution in [3.63, 3.8) is 0 Å². The van der Waals surface area contributed by atoms with Crippen molar-refractivity contribution >= 4 is 22.4 Å². The highest BCUT2D eigenvalue weighted by Gasteiger charge is 2.09. The van der Waals surface area contributed by atoms with Crippen LogP contribution in [0.2, 0.25) is 0 Å². The molecule has 1 aromatic carbocycles. The van der Waals surface area contributed by atoms with E-state index in [2.05, 4.69) is 22.4 Å². The zero-order valence-corrected chi connectivity index (χ0v) is 11.2. The Morgan fingerprint density at radius 1 is 1.37 bits per heavy atom. The van der Waals surface area contributed by atoms with Gasteiger partial charge in [0.05, 0.1) is 11.6 Å². The van der Waals surface area contributed by atoms with E-state index in [0.29, 0.717) is 16.3 Å². The van der Waals surface area contributed by atoms with Crippen molar-refractivity contribution in [3.8, 4) is 6.07 Å². The largest absolute Gasteiger partial charge is 0.296 e. The van der Waals surface area contributed by atoms with Crippen molar-refractivity contribution in [2.45, 2.75) is 19.8 Å². The third-order valence-corrected chi connectivity index (χ3v) is 3.33. The van der Waals surface area contributed by atoms with Crippen LogP contribution in [0.4, 0.5) is 5.13 Å². The predicted molar refractivity (Wildman–Crippen MR) is 73.0 cm³/mol. The highest BCUT2D eigenvalue weighted by Crippen LogP contribution is 2.17. The summed E-state index contributed by atoms with van der Waals surface area (Å²) in [6.45, 7) is 2.07. The smallest absolute Gasteiger partial charge is 0.257 e. The lowest BCUT2D eigenvalue weighted by Gasteiger charge is -2.00. The molecule has 1 amide bonds. The first kappa shape index (κ1) is 13.2. The molecular formula is C13H12N4OS. The molecule has 0 aliphatic rings. The SMILES string of the molecule is CCCc1nnc(NC(=O)c2ccc(C#N)cc2)s1. The normalized spacial score (nSPS) is 9.89. The van der Waals surface area contributed by atoms with Crippen LogP contribution in [0.5, 0.6) is 0 Å². The van der Waals surface area contributed by atoms with Crippen LogP contribution in [0, 0.1) is 11.3 Å². The van der Waals surface area contributed by atoms with Crippen LogP contribution in [0.3, 0.4) is 0 Å². The van der Waals surface area contributed by atoms with E-state index in [4.69, 9.17) is 5.26 Å². The lowest BCUT2D eigenvalue weighted by atomic mass is 10.1. The number of rotatable bonds is 4. The molecule has 0 saturated heterocycles. The average molecular weight is 272 g/mol. The van der Waals surface area contributed by atoms with Gasteiger partial charge in [0.15, 0.2) is 0 Å². The lowest BCUT2D eigenvalue weighted by molar-refractivity contribution is 0.102. The number of aryl methyl sites for hydroxylation is 1. The fourth-order valence-corrected chi connectivity index (χ4v) is 2.32. The summed E-state index contributed by atoms with van der Waals surface area (Å²) in [4.78, 5) is 11.9. The summed E-state index contributed by atoms with van der Waals surface area (Å²) in [5.41, 5.74) is 1.02. The molecule has 0 radical (unpaired) electrons. The molecule has 0 fully saturated rings. The van der Waals surface area contributed by atoms with Gasteiger partial charge in [0.2, 0.25) is 5.13 Å². The van der Waals surface area contributed by atoms with Crippen LogP contribution in [-0.4, -0.2) is 16.1 Å². The van der Waals surface area contributed by atoms with E-state index in [1.165, 1.54) is 11.3 Å². The Kier molecular flexibility index (Phi) is 4.21. The number of hydrogen-bond donors (Lipinski definition) is 1. The first-order valence-corrected chi connectivity index (χ1v) is 6.68. The van der Waals surface area contributed by atoms with Gasteiger partial charge in [-0.05, 0) is 30.7 Å². The third kappa shape index (κ3) is 3.36. The quantitative estimate of drug-likeness (QED) is 0.927. The van der Waals surface area contributed by atoms with Crippen molar-refractivity contribution in [3.05, 3.63) is 40.4 Å². The molecule has 0 aliphatic carbocycles. The molecule has 19 heavy (non-hydrogen) atoms. The molecule has 6 heteroatoms. The van der Waals surface area contributed by atoms with Crippen molar-refractivity contribution in [2.24, 2.45) is 0 Å². The minimum absolute atomic E-state index is 0.247. The Bertz CT molecular complexity index is 612. The van der Waals surface area contributed by atoms with E-state index in [1.54, 1.807) is 24.3 Å². The lowest BCUT2D eigenvalue weighted by Crippen LogP contribution is -2.11. The summed E-state index contributed by atoms with van der Waals surface area (Å²) in [5, 5.41) is 20.7. The van der Waals surface area contributed by atoms with Gasteiger partial charge in [-0.2, -0.15) is 5.26 Å². The molecule has 2 rings (SSSR count). The highest BCUT2D eigenvalue weighted by atomic mass is 32.1. The maximum atomic E-state index is 11.9. The minimum atomic E-state index is -0.247. The zero-order chi connectivity index (χ0) is 13.7. The monoisotopic (exact) mass is 272 g/mol. The van der Waals surface area contributed by atoms with E-state index in [-0.39, 0.29) is 5.91 Å². The summed E-state index contributed by atoms with van der Waals surface area (Å²) >= 11 is 1.38. The number of aromatic nitrogens is 2. The summed E-state index contributed by atoms with van der Waals surface area (Å²) in [5.74, 6) is -0.247. The van der Waals surface area contributed by atoms with Gasteiger partial charge in [-0.3, -0.25) is 10.1 Å². The van der Waals surface area contributed by atoms with Gasteiger partial charge in [-0.15, -0.1) is 10.2 Å². The molecule has 1 aromatic heterocycles. The minimum Gasteiger partial charge on any atom is -0.296 e. The number of nitrogens with one attached hydrogen (secondary N) is 1. The van der Waals surface area contributed by atoms with Gasteiger partial charge in [-0.1, -0.05) is 18.3 Å². The number of carbonyl (C=O) groups excluding carboxylic acids is 1. The zero-order valence-electron chi connectivity index (χ0n) is 10.4. The average Bonchev–Trinajstić information content (AvgIpc) is 2.86. The number of benzene rings is 1. The fraction of sp³-hybridized carbons (Fsp3) is 0.231. The summed E-state index contributed by atoms with van der Waals surface area (Å²) in [6.07, 6.45) is 1.86. The summed E-state index contributed by atoms with van der Waals surface area (Å²) < 4.78 is 0. The third-order valence-electron chi connectivity index (χ3n) is 2.43. The van der Waals surface area contributed by atoms with Gasteiger partial charge in [0.1, 0.15) is 5.01 Å². The standard InChI is InChI=1S/C13H12N4OS/c1-2-3-11-16-17-13(19-11)15-12(18)10-6-4-9(8-14)5-7-10/h4-7H,2-3H2,1H3,(H,15,17,18). The number of hydrogen-bond acceptors (Lipinski definition) is 5. The van der Waals surface area contributed by atoms with Crippen molar-refractivity contribution < 1.29 is 4.79 Å². The second-order valence-electron chi connectivity index (χ2n) is 3.89. The molecule has 1 N–H and O–H groups in total. The molecule has 0 atom stereocenters. The molecule has 2 aromatic rings. The van der Waals surface area contributed by atoms with E-state index in [0.717, 1.165) is 17.8 Å². The van der Waals surface area contributed by atoms with Gasteiger partial charge >= 0.3 is 0 Å². The maximum absolute atomic E-state index is 11.9. The molecule has 0 spiro atoms. The number of amides is 1. The van der Waals surface area contributed by atoms with Gasteiger partial charge in [0, 0.05) is 12.0 Å². The molecule has 0 aliphatic heterocycles. The molecule has 96 valence electrons. The molecule has 0 bridgehead atoms. The molecule has 0 unspecified atom stereocenters. The van der Waals surface area contributed by atoms with Crippen molar-refractivity contribution in [1.29, 1.82) is 5.26 Å². The van der Waals surface area contributed by atoms with Gasteiger partial charge in [-0.25, -0.2) is 0 Å². The second kappa shape index (κ2) is 6.07. The Morgan fingerprint density at radius 3 is 2.74 bits per heavy atom. The van der Waals surface area contributed by atoms with Gasteiger partial charge < -0.3 is 0 Å². The first-order valence-electron chi connectivity index (χ1n) is 5.87. The number of nitrogens with zero attached hydrogens (tertiary/aromatic N) is 3. The van der Waals surface area contributed by atoms with Crippen LogP contribution in [0.15, 0.2) is 24.3 Å². The van der Waals surface area contributed by atoms with E-state index < -0.39 is 0 Å². The van der Waals surface area contributed by atoms with Crippen LogP contribution in [0.1, 0.15) is 34.3 Å². The Labute approximate surface area is 114 Å². The summed E-state index contributed by atoms with van der Waals surface area (Å²) in [6, 6.07) is 8.45. The number of carbonyl (C=O) groups is 1. The Hall–Kier alpha value is -2.26. The second-order valence-corrected chi connectivity index (χ2v) is 4.96. The Morgan fingerprint density at radius 2 is 2.11 bits per heavy atom. The van der Waals surface area contributed by atoms with Crippen molar-refractivity contribution in [2.75, 3.05) is 5.32 Å². The maximum Gasteiger partial charge on any atom is 0.257 e. The predicted octanol–water partition coefficient (Wildman–Crippen LogP) is 2.61. The van der Waals surface area contributed by atoms with Crippen LogP contribution in [0.25, 0.3) is 0 Å². The first-order chi connectivity index (χ1) is 9.22. The van der Waals surface area contributed by atoms with Gasteiger partial charge in [0.25, 0.3) is 5.91 Å². The number of anilines is 1. The molecule has 1 heterocycles. The highest BCUT2D eigenvalue weighted by molar-refractivity contribution is 7.15. The van der Waals surface area contributed by atoms with Crippen LogP contribution in [-0.2, 0) is 6.42 Å². The summed E-state index contributed by atoms with van der Waals surface area (Å²) in [7, 11) is 0. The number of nitriles is 1. The molecule has 0 saturated carbocycles. The molecular weight excluding hydrogens is 260 g/mol. The van der Waals surface area contributed by atoms with Crippen LogP contribution < -0.4 is 5.32 Å². The fourth-order valence-electron chi connectivity index (χ4n) is 1.48. The van der Waals surface area contributed by atoms with Crippen LogP contribution >= 0.6 is 11.3 Å². The topological polar surface area (TPSA) is 78.7 Å². The van der Waals surface area contributed by atoms with E-state index >= 15 is 0 Å². The Balaban J connectivity index is 2.05. The van der Waals surface area contributed by atoms with Crippen molar-refractivity contribution in [1.82, 2.24) is 10.2 Å². The van der Waals surface area contributed by atoms with E-state index in [9.17, 15) is 4.79 Å².